The number of aliphatic imine (C=N–C) groups is 2. The van der Waals surface area contributed by atoms with E-state index in [2.05, 4.69) is 243 Å². The molecule has 2 heteroatoms. The van der Waals surface area contributed by atoms with Crippen LogP contribution in [-0.2, 0) is 17.3 Å². The summed E-state index contributed by atoms with van der Waals surface area (Å²) in [7, 11) is 0. The molecule has 0 spiro atoms. The van der Waals surface area contributed by atoms with Crippen LogP contribution in [0.25, 0.3) is 66.9 Å². The Morgan fingerprint density at radius 1 is 0.549 bits per heavy atom. The highest BCUT2D eigenvalue weighted by Gasteiger charge is 2.38. The lowest BCUT2D eigenvalue weighted by atomic mass is 9.82. The number of allylic oxidation sites excluding steroid dienone is 6. The molecule has 8 aromatic rings. The number of hydrogen-bond acceptors (Lipinski definition) is 2. The zero-order chi connectivity index (χ0) is 49.6. The average Bonchev–Trinajstić information content (AvgIpc) is 3.98. The molecule has 0 saturated carbocycles. The van der Waals surface area contributed by atoms with Gasteiger partial charge in [0.1, 0.15) is 0 Å². The van der Waals surface area contributed by atoms with E-state index in [1.807, 2.05) is 19.9 Å². The molecule has 3 aliphatic rings. The lowest BCUT2D eigenvalue weighted by Gasteiger charge is -2.22. The van der Waals surface area contributed by atoms with Gasteiger partial charge in [-0.25, -0.2) is 4.99 Å². The summed E-state index contributed by atoms with van der Waals surface area (Å²) in [6.45, 7) is 26.0. The van der Waals surface area contributed by atoms with Crippen molar-refractivity contribution in [3.63, 3.8) is 0 Å². The Labute approximate surface area is 422 Å². The van der Waals surface area contributed by atoms with Gasteiger partial charge >= 0.3 is 0 Å². The Morgan fingerprint density at radius 3 is 1.85 bits per heavy atom. The summed E-state index contributed by atoms with van der Waals surface area (Å²) < 4.78 is 0. The van der Waals surface area contributed by atoms with Crippen LogP contribution in [0.4, 0.5) is 5.69 Å². The minimum absolute atomic E-state index is 0.122. The van der Waals surface area contributed by atoms with Crippen LogP contribution in [0.2, 0.25) is 0 Å². The molecule has 0 unspecified atom stereocenters. The van der Waals surface area contributed by atoms with Crippen molar-refractivity contribution in [3.05, 3.63) is 256 Å². The van der Waals surface area contributed by atoms with Gasteiger partial charge in [0.25, 0.3) is 0 Å². The van der Waals surface area contributed by atoms with Crippen LogP contribution in [0, 0.1) is 6.92 Å². The molecule has 0 bridgehead atoms. The lowest BCUT2D eigenvalue weighted by Crippen LogP contribution is -2.15. The highest BCUT2D eigenvalue weighted by atomic mass is 14.8. The Bertz CT molecular complexity index is 3580. The maximum Gasteiger partial charge on any atom is 0.0737 e. The van der Waals surface area contributed by atoms with Gasteiger partial charge in [0.2, 0.25) is 0 Å². The van der Waals surface area contributed by atoms with Crippen LogP contribution in [0.3, 0.4) is 0 Å². The molecule has 0 atom stereocenters. The Hall–Kier alpha value is -7.94. The van der Waals surface area contributed by atoms with Gasteiger partial charge in [-0.05, 0) is 151 Å². The average molecular weight is 919 g/mol. The summed E-state index contributed by atoms with van der Waals surface area (Å²) >= 11 is 0. The largest absolute Gasteiger partial charge is 0.264 e. The molecule has 2 nitrogen and oxygen atoms in total. The van der Waals surface area contributed by atoms with E-state index in [1.54, 1.807) is 0 Å². The van der Waals surface area contributed by atoms with E-state index in [-0.39, 0.29) is 10.8 Å². The van der Waals surface area contributed by atoms with Gasteiger partial charge in [0.05, 0.1) is 17.1 Å². The molecule has 0 N–H and O–H groups in total. The molecule has 0 saturated heterocycles. The van der Waals surface area contributed by atoms with E-state index in [1.165, 1.54) is 72.3 Å². The molecule has 71 heavy (non-hydrogen) atoms. The van der Waals surface area contributed by atoms with Crippen molar-refractivity contribution in [2.75, 3.05) is 0 Å². The first kappa shape index (κ1) is 46.8. The van der Waals surface area contributed by atoms with Gasteiger partial charge in [-0.2, -0.15) is 0 Å². The maximum atomic E-state index is 5.92. The molecule has 0 fully saturated rings. The Morgan fingerprint density at radius 2 is 1.14 bits per heavy atom. The fourth-order valence-electron chi connectivity index (χ4n) is 11.7. The van der Waals surface area contributed by atoms with E-state index < -0.39 is 0 Å². The van der Waals surface area contributed by atoms with Crippen molar-refractivity contribution in [3.8, 4) is 55.6 Å². The number of fused-ring (bicyclic) bond motifs is 9. The predicted molar refractivity (Wildman–Crippen MR) is 306 cm³/mol. The van der Waals surface area contributed by atoms with Gasteiger partial charge in [0, 0.05) is 27.5 Å². The Balaban J connectivity index is 0.00000287. The standard InChI is InChI=1S/C67H56N2.C2H6/c1-9-20-43(21-10-2)44-35-34-42(3)54(39-44)55-40-46(49-27-18-32-58-64(49)50-25-13-15-30-56(50)66(58,4)5)36-37-60(55)69-62(53-29-19-33-59-65(53)51-26-14-16-31-57(51)67(59,6)7)41-61(68-8)52-28-17-23-47-38-45-22-11-12-24-48(45)63(47)52;1-2/h9-37,39-41H,1,8,38H2,2-7H3;1-2H3/b21-10-,43-20+,61-41-,69-62?;. The molecule has 0 radical (unpaired) electrons. The minimum atomic E-state index is -0.197. The van der Waals surface area contributed by atoms with Crippen molar-refractivity contribution in [1.82, 2.24) is 0 Å². The third-order valence-corrected chi connectivity index (χ3v) is 15.1. The first-order chi connectivity index (χ1) is 34.5. The van der Waals surface area contributed by atoms with Crippen LogP contribution in [-0.4, -0.2) is 12.4 Å². The maximum absolute atomic E-state index is 5.92. The van der Waals surface area contributed by atoms with E-state index >= 15 is 0 Å². The van der Waals surface area contributed by atoms with Crippen LogP contribution >= 0.6 is 0 Å². The number of nitrogens with zero attached hydrogens (tertiary/aromatic N) is 2. The number of aryl methyl sites for hydroxylation is 1. The molecule has 8 aromatic carbocycles. The molecular formula is C69H62N2. The summed E-state index contributed by atoms with van der Waals surface area (Å²) in [5, 5.41) is 0. The van der Waals surface area contributed by atoms with Gasteiger partial charge in [0.15, 0.2) is 0 Å². The summed E-state index contributed by atoms with van der Waals surface area (Å²) in [5.74, 6) is 0. The summed E-state index contributed by atoms with van der Waals surface area (Å²) in [6, 6.07) is 60.3. The fraction of sp³-hybridized carbons (Fsp3) is 0.159. The van der Waals surface area contributed by atoms with Gasteiger partial charge in [-0.1, -0.05) is 218 Å². The van der Waals surface area contributed by atoms with Crippen LogP contribution < -0.4 is 0 Å². The molecular weight excluding hydrogens is 857 g/mol. The zero-order valence-electron chi connectivity index (χ0n) is 42.5. The number of benzene rings is 8. The van der Waals surface area contributed by atoms with Gasteiger partial charge in [-0.3, -0.25) is 4.99 Å². The smallest absolute Gasteiger partial charge is 0.0737 e. The molecule has 0 heterocycles. The lowest BCUT2D eigenvalue weighted by molar-refractivity contribution is 0.660. The zero-order valence-corrected chi connectivity index (χ0v) is 42.5. The second-order valence-corrected chi connectivity index (χ2v) is 19.8. The van der Waals surface area contributed by atoms with Crippen molar-refractivity contribution in [1.29, 1.82) is 0 Å². The normalized spacial score (nSPS) is 14.7. The second kappa shape index (κ2) is 18.8. The third kappa shape index (κ3) is 7.83. The highest BCUT2D eigenvalue weighted by molar-refractivity contribution is 6.18. The van der Waals surface area contributed by atoms with Crippen molar-refractivity contribution < 1.29 is 0 Å². The predicted octanol–water partition coefficient (Wildman–Crippen LogP) is 18.5. The fourth-order valence-corrected chi connectivity index (χ4v) is 11.7. The number of hydrogen-bond donors (Lipinski definition) is 0. The molecule has 348 valence electrons. The van der Waals surface area contributed by atoms with Crippen LogP contribution in [0.5, 0.6) is 0 Å². The summed E-state index contributed by atoms with van der Waals surface area (Å²) in [4.78, 5) is 10.8. The minimum Gasteiger partial charge on any atom is -0.264 e. The quantitative estimate of drug-likeness (QED) is 0.0965. The van der Waals surface area contributed by atoms with E-state index in [0.29, 0.717) is 0 Å². The molecule has 3 aliphatic carbocycles. The molecule has 0 amide bonds. The van der Waals surface area contributed by atoms with Crippen molar-refractivity contribution in [2.24, 2.45) is 9.98 Å². The monoisotopic (exact) mass is 918 g/mol. The molecule has 0 aliphatic heterocycles. The summed E-state index contributed by atoms with van der Waals surface area (Å²) in [5.41, 5.74) is 27.6. The van der Waals surface area contributed by atoms with E-state index in [9.17, 15) is 0 Å². The second-order valence-electron chi connectivity index (χ2n) is 19.8. The van der Waals surface area contributed by atoms with Crippen molar-refractivity contribution >= 4 is 29.4 Å². The highest BCUT2D eigenvalue weighted by Crippen LogP contribution is 2.54. The van der Waals surface area contributed by atoms with E-state index in [0.717, 1.165) is 68.0 Å². The third-order valence-electron chi connectivity index (χ3n) is 15.1. The first-order valence-corrected chi connectivity index (χ1v) is 25.2. The van der Waals surface area contributed by atoms with Crippen LogP contribution in [0.1, 0.15) is 104 Å². The molecule has 11 rings (SSSR count). The van der Waals surface area contributed by atoms with Crippen molar-refractivity contribution in [2.45, 2.75) is 72.6 Å². The van der Waals surface area contributed by atoms with E-state index in [4.69, 9.17) is 9.98 Å². The van der Waals surface area contributed by atoms with Gasteiger partial charge < -0.3 is 0 Å². The molecule has 0 aromatic heterocycles. The van der Waals surface area contributed by atoms with Gasteiger partial charge in [-0.15, -0.1) is 0 Å². The summed E-state index contributed by atoms with van der Waals surface area (Å²) in [6.07, 6.45) is 11.3. The first-order valence-electron chi connectivity index (χ1n) is 25.2. The Kier molecular flexibility index (Phi) is 12.4. The SMILES string of the molecule is C=C/C=C(\C=C/C)c1ccc(C)c(-c2cc(-c3cccc4c3-c3ccccc3C4(C)C)ccc2N=C(/C=C(\N=C)c2cccc3c2-c2ccccc2C3)c2cccc3c2-c2ccccc2C3(C)C)c1.CC. The van der Waals surface area contributed by atoms with Crippen LogP contribution in [0.15, 0.2) is 211 Å². The topological polar surface area (TPSA) is 24.7 Å². The number of rotatable bonds is 10.